The van der Waals surface area contributed by atoms with Crippen molar-refractivity contribution in [3.05, 3.63) is 58.6 Å². The molecule has 0 fully saturated rings. The summed E-state index contributed by atoms with van der Waals surface area (Å²) in [6.45, 7) is 1.75. The lowest BCUT2D eigenvalue weighted by Crippen LogP contribution is -2.28. The number of carboxylic acids is 1. The molecule has 7 heteroatoms. The number of aliphatic carboxylic acids is 1. The summed E-state index contributed by atoms with van der Waals surface area (Å²) in [7, 11) is 1.50. The Morgan fingerprint density at radius 3 is 2.44 bits per heavy atom. The molecule has 27 heavy (non-hydrogen) atoms. The molecular formula is C20H18ClO6-. The molecule has 2 rings (SSSR count). The number of hydrogen-bond donors (Lipinski definition) is 0. The van der Waals surface area contributed by atoms with Gasteiger partial charge in [0, 0.05) is 5.56 Å². The van der Waals surface area contributed by atoms with Gasteiger partial charge in [0.1, 0.15) is 12.4 Å². The standard InChI is InChI=1S/C20H19ClO6/c1-3-26-18-11-13(10-16(21)20(18)25-2)4-9-17(22)14-5-7-15(8-6-14)27-12-19(23)24/h4-11H,3,12H2,1-2H3,(H,23,24)/p-1/b9-4+. The van der Waals surface area contributed by atoms with Crippen LogP contribution in [0.5, 0.6) is 17.2 Å². The molecule has 0 aliphatic heterocycles. The van der Waals surface area contributed by atoms with Gasteiger partial charge in [0.15, 0.2) is 17.3 Å². The molecule has 2 aromatic carbocycles. The van der Waals surface area contributed by atoms with E-state index < -0.39 is 12.6 Å². The van der Waals surface area contributed by atoms with Gasteiger partial charge in [-0.15, -0.1) is 0 Å². The van der Waals surface area contributed by atoms with E-state index in [4.69, 9.17) is 25.8 Å². The van der Waals surface area contributed by atoms with Crippen molar-refractivity contribution in [2.45, 2.75) is 6.92 Å². The van der Waals surface area contributed by atoms with Crippen molar-refractivity contribution >= 4 is 29.4 Å². The summed E-state index contributed by atoms with van der Waals surface area (Å²) >= 11 is 6.19. The average Bonchev–Trinajstić information content (AvgIpc) is 2.65. The van der Waals surface area contributed by atoms with Crippen LogP contribution in [0.1, 0.15) is 22.8 Å². The molecule has 0 saturated carbocycles. The van der Waals surface area contributed by atoms with E-state index in [0.717, 1.165) is 0 Å². The molecule has 0 radical (unpaired) electrons. The second-order valence-corrected chi connectivity index (χ2v) is 5.76. The molecule has 6 nitrogen and oxygen atoms in total. The number of benzene rings is 2. The van der Waals surface area contributed by atoms with Crippen molar-refractivity contribution in [2.75, 3.05) is 20.3 Å². The van der Waals surface area contributed by atoms with Crippen molar-refractivity contribution in [1.82, 2.24) is 0 Å². The Morgan fingerprint density at radius 2 is 1.85 bits per heavy atom. The van der Waals surface area contributed by atoms with E-state index >= 15 is 0 Å². The highest BCUT2D eigenvalue weighted by atomic mass is 35.5. The highest BCUT2D eigenvalue weighted by Crippen LogP contribution is 2.36. The first kappa shape index (κ1) is 20.3. The summed E-state index contributed by atoms with van der Waals surface area (Å²) in [5, 5.41) is 10.8. The van der Waals surface area contributed by atoms with Crippen LogP contribution >= 0.6 is 11.6 Å². The van der Waals surface area contributed by atoms with Gasteiger partial charge in [-0.2, -0.15) is 0 Å². The molecule has 0 amide bonds. The van der Waals surface area contributed by atoms with Crippen LogP contribution in [0.3, 0.4) is 0 Å². The van der Waals surface area contributed by atoms with Crippen LogP contribution in [0.2, 0.25) is 5.02 Å². The number of carbonyl (C=O) groups is 2. The Morgan fingerprint density at radius 1 is 1.15 bits per heavy atom. The Bertz CT molecular complexity index is 842. The number of halogens is 1. The summed E-state index contributed by atoms with van der Waals surface area (Å²) in [4.78, 5) is 22.7. The van der Waals surface area contributed by atoms with Crippen LogP contribution in [-0.4, -0.2) is 32.1 Å². The van der Waals surface area contributed by atoms with Gasteiger partial charge in [-0.3, -0.25) is 4.79 Å². The van der Waals surface area contributed by atoms with Crippen molar-refractivity contribution in [3.8, 4) is 17.2 Å². The summed E-state index contributed by atoms with van der Waals surface area (Å²) in [5.41, 5.74) is 1.11. The third-order valence-electron chi connectivity index (χ3n) is 3.46. The molecule has 0 saturated heterocycles. The topological polar surface area (TPSA) is 84.9 Å². The van der Waals surface area contributed by atoms with Crippen molar-refractivity contribution in [1.29, 1.82) is 0 Å². The summed E-state index contributed by atoms with van der Waals surface area (Å²) in [6, 6.07) is 9.52. The van der Waals surface area contributed by atoms with Gasteiger partial charge in [-0.05, 0) is 55.0 Å². The number of ether oxygens (including phenoxy) is 3. The van der Waals surface area contributed by atoms with Gasteiger partial charge in [-0.25, -0.2) is 0 Å². The Balaban J connectivity index is 2.13. The number of allylic oxidation sites excluding steroid dienone is 1. The monoisotopic (exact) mass is 389 g/mol. The van der Waals surface area contributed by atoms with Crippen molar-refractivity contribution in [2.24, 2.45) is 0 Å². The molecule has 0 bridgehead atoms. The molecule has 0 heterocycles. The van der Waals surface area contributed by atoms with Crippen LogP contribution in [-0.2, 0) is 4.79 Å². The largest absolute Gasteiger partial charge is 0.546 e. The zero-order chi connectivity index (χ0) is 19.8. The zero-order valence-corrected chi connectivity index (χ0v) is 15.6. The second-order valence-electron chi connectivity index (χ2n) is 5.35. The van der Waals surface area contributed by atoms with Gasteiger partial charge in [0.2, 0.25) is 0 Å². The number of hydrogen-bond acceptors (Lipinski definition) is 6. The third kappa shape index (κ3) is 5.76. The summed E-state index contributed by atoms with van der Waals surface area (Å²) in [5.74, 6) is -0.278. The first-order valence-electron chi connectivity index (χ1n) is 8.10. The third-order valence-corrected chi connectivity index (χ3v) is 3.74. The summed E-state index contributed by atoms with van der Waals surface area (Å²) < 4.78 is 15.7. The smallest absolute Gasteiger partial charge is 0.185 e. The molecule has 142 valence electrons. The molecule has 0 atom stereocenters. The first-order valence-corrected chi connectivity index (χ1v) is 8.47. The molecule has 0 aromatic heterocycles. The average molecular weight is 390 g/mol. The molecule has 0 N–H and O–H groups in total. The van der Waals surface area contributed by atoms with E-state index in [2.05, 4.69) is 0 Å². The molecule has 0 spiro atoms. The fourth-order valence-corrected chi connectivity index (χ4v) is 2.57. The quantitative estimate of drug-likeness (QED) is 0.484. The predicted molar refractivity (Wildman–Crippen MR) is 99.5 cm³/mol. The number of carboxylic acid groups (broad SMARTS) is 1. The Kier molecular flexibility index (Phi) is 7.25. The lowest BCUT2D eigenvalue weighted by molar-refractivity contribution is -0.307. The van der Waals surface area contributed by atoms with Crippen LogP contribution in [0, 0.1) is 0 Å². The SMILES string of the molecule is CCOc1cc(/C=C/C(=O)c2ccc(OCC(=O)[O-])cc2)cc(Cl)c1OC. The van der Waals surface area contributed by atoms with E-state index in [9.17, 15) is 14.7 Å². The first-order chi connectivity index (χ1) is 12.9. The van der Waals surface area contributed by atoms with E-state index in [1.165, 1.54) is 25.3 Å². The van der Waals surface area contributed by atoms with E-state index in [1.54, 1.807) is 30.3 Å². The maximum absolute atomic E-state index is 12.3. The lowest BCUT2D eigenvalue weighted by atomic mass is 10.1. The minimum Gasteiger partial charge on any atom is -0.546 e. The number of ketones is 1. The molecular weight excluding hydrogens is 372 g/mol. The minimum absolute atomic E-state index is 0.230. The predicted octanol–water partition coefficient (Wildman–Crippen LogP) is 2.77. The van der Waals surface area contributed by atoms with Crippen LogP contribution in [0.15, 0.2) is 42.5 Å². The van der Waals surface area contributed by atoms with Gasteiger partial charge >= 0.3 is 0 Å². The lowest BCUT2D eigenvalue weighted by Gasteiger charge is -2.11. The van der Waals surface area contributed by atoms with Gasteiger partial charge in [-0.1, -0.05) is 17.7 Å². The Labute approximate surface area is 161 Å². The van der Waals surface area contributed by atoms with E-state index in [1.807, 2.05) is 6.92 Å². The number of carbonyl (C=O) groups excluding carboxylic acids is 2. The fourth-order valence-electron chi connectivity index (χ4n) is 2.27. The number of rotatable bonds is 9. The van der Waals surface area contributed by atoms with Crippen molar-refractivity contribution in [3.63, 3.8) is 0 Å². The Hall–Kier alpha value is -2.99. The highest BCUT2D eigenvalue weighted by Gasteiger charge is 2.11. The molecule has 0 aliphatic rings. The molecule has 0 unspecified atom stereocenters. The van der Waals surface area contributed by atoms with Crippen LogP contribution in [0.4, 0.5) is 0 Å². The molecule has 2 aromatic rings. The fraction of sp³-hybridized carbons (Fsp3) is 0.200. The zero-order valence-electron chi connectivity index (χ0n) is 14.9. The van der Waals surface area contributed by atoms with Gasteiger partial charge < -0.3 is 24.1 Å². The number of methoxy groups -OCH3 is 1. The minimum atomic E-state index is -1.32. The van der Waals surface area contributed by atoms with Gasteiger partial charge in [0.05, 0.1) is 24.7 Å². The van der Waals surface area contributed by atoms with Crippen LogP contribution < -0.4 is 19.3 Å². The van der Waals surface area contributed by atoms with Crippen LogP contribution in [0.25, 0.3) is 6.08 Å². The molecule has 0 aliphatic carbocycles. The van der Waals surface area contributed by atoms with Gasteiger partial charge in [0.25, 0.3) is 0 Å². The summed E-state index contributed by atoms with van der Waals surface area (Å²) in [6.07, 6.45) is 3.03. The van der Waals surface area contributed by atoms with Crippen molar-refractivity contribution < 1.29 is 28.9 Å². The second kappa shape index (κ2) is 9.64. The maximum Gasteiger partial charge on any atom is 0.185 e. The van der Waals surface area contributed by atoms with E-state index in [-0.39, 0.29) is 5.78 Å². The van der Waals surface area contributed by atoms with E-state index in [0.29, 0.717) is 40.0 Å². The normalized spacial score (nSPS) is 10.6. The maximum atomic E-state index is 12.3. The highest BCUT2D eigenvalue weighted by molar-refractivity contribution is 6.32.